The maximum atomic E-state index is 12.3. The summed E-state index contributed by atoms with van der Waals surface area (Å²) < 4.78 is 32.1. The fraction of sp³-hybridized carbons (Fsp3) is 0.533. The summed E-state index contributed by atoms with van der Waals surface area (Å²) >= 11 is 0. The van der Waals surface area contributed by atoms with Gasteiger partial charge in [0, 0.05) is 12.6 Å². The Hall–Kier alpha value is -1.15. The molecule has 1 rings (SSSR count). The summed E-state index contributed by atoms with van der Waals surface area (Å²) in [6.07, 6.45) is 0.663. The largest absolute Gasteiger partial charge is 0.462 e. The molecule has 8 heteroatoms. The number of halogens is 1. The van der Waals surface area contributed by atoms with Crippen molar-refractivity contribution in [1.82, 2.24) is 4.72 Å². The molecule has 0 saturated heterocycles. The fourth-order valence-electron chi connectivity index (χ4n) is 2.03. The van der Waals surface area contributed by atoms with E-state index in [0.717, 1.165) is 0 Å². The summed E-state index contributed by atoms with van der Waals surface area (Å²) in [6, 6.07) is 5.34. The van der Waals surface area contributed by atoms with Crippen molar-refractivity contribution in [3.05, 3.63) is 29.8 Å². The summed E-state index contributed by atoms with van der Waals surface area (Å²) in [5.41, 5.74) is 5.93. The molecule has 0 aliphatic carbocycles. The summed E-state index contributed by atoms with van der Waals surface area (Å²) in [5, 5.41) is 0. The van der Waals surface area contributed by atoms with Crippen molar-refractivity contribution in [2.24, 2.45) is 11.7 Å². The zero-order valence-corrected chi connectivity index (χ0v) is 15.2. The van der Waals surface area contributed by atoms with Gasteiger partial charge >= 0.3 is 5.97 Å². The predicted octanol–water partition coefficient (Wildman–Crippen LogP) is 1.94. The molecule has 0 radical (unpaired) electrons. The molecule has 0 spiro atoms. The average molecular weight is 365 g/mol. The number of rotatable bonds is 8. The van der Waals surface area contributed by atoms with Gasteiger partial charge in [0.05, 0.1) is 17.1 Å². The van der Waals surface area contributed by atoms with Crippen molar-refractivity contribution in [2.75, 3.05) is 13.2 Å². The SMILES string of the molecule is CCOC(=O)c1ccc(S(=O)(=O)NC(CN)CC(C)C)cc1.Cl. The third-order valence-corrected chi connectivity index (χ3v) is 4.57. The molecule has 3 N–H and O–H groups in total. The first kappa shape index (κ1) is 21.9. The zero-order valence-electron chi connectivity index (χ0n) is 13.6. The minimum absolute atomic E-state index is 0. The van der Waals surface area contributed by atoms with Crippen LogP contribution in [0, 0.1) is 5.92 Å². The van der Waals surface area contributed by atoms with Crippen LogP contribution in [0.1, 0.15) is 37.6 Å². The Morgan fingerprint density at radius 1 is 1.26 bits per heavy atom. The van der Waals surface area contributed by atoms with Gasteiger partial charge in [-0.25, -0.2) is 17.9 Å². The molecule has 132 valence electrons. The van der Waals surface area contributed by atoms with Crippen LogP contribution < -0.4 is 10.5 Å². The minimum Gasteiger partial charge on any atom is -0.462 e. The van der Waals surface area contributed by atoms with Crippen molar-refractivity contribution in [2.45, 2.75) is 38.1 Å². The Balaban J connectivity index is 0.00000484. The van der Waals surface area contributed by atoms with E-state index in [1.54, 1.807) is 6.92 Å². The van der Waals surface area contributed by atoms with E-state index in [1.165, 1.54) is 24.3 Å². The minimum atomic E-state index is -3.65. The van der Waals surface area contributed by atoms with E-state index in [0.29, 0.717) is 17.9 Å². The monoisotopic (exact) mass is 364 g/mol. The first-order valence-corrected chi connectivity index (χ1v) is 8.78. The van der Waals surface area contributed by atoms with E-state index in [1.807, 2.05) is 13.8 Å². The molecule has 1 aromatic carbocycles. The molecule has 0 aliphatic heterocycles. The number of nitrogens with two attached hydrogens (primary N) is 1. The van der Waals surface area contributed by atoms with Gasteiger partial charge in [0.1, 0.15) is 0 Å². The van der Waals surface area contributed by atoms with Crippen LogP contribution in [-0.2, 0) is 14.8 Å². The highest BCUT2D eigenvalue weighted by Gasteiger charge is 2.20. The Kier molecular flexibility index (Phi) is 9.38. The zero-order chi connectivity index (χ0) is 16.8. The van der Waals surface area contributed by atoms with Crippen LogP contribution in [0.25, 0.3) is 0 Å². The van der Waals surface area contributed by atoms with Gasteiger partial charge in [-0.3, -0.25) is 0 Å². The van der Waals surface area contributed by atoms with Crippen LogP contribution in [0.3, 0.4) is 0 Å². The standard InChI is InChI=1S/C15H24N2O4S.ClH/c1-4-21-15(18)12-5-7-14(8-6-12)22(19,20)17-13(10-16)9-11(2)3;/h5-8,11,13,17H,4,9-10,16H2,1-3H3;1H. The van der Waals surface area contributed by atoms with Crippen LogP contribution in [-0.4, -0.2) is 33.6 Å². The number of esters is 1. The molecular formula is C15H25ClN2O4S. The quantitative estimate of drug-likeness (QED) is 0.687. The van der Waals surface area contributed by atoms with Crippen LogP contribution in [0.4, 0.5) is 0 Å². The molecule has 1 atom stereocenters. The number of benzene rings is 1. The molecule has 0 amide bonds. The summed E-state index contributed by atoms with van der Waals surface area (Å²) in [7, 11) is -3.65. The van der Waals surface area contributed by atoms with Crippen LogP contribution in [0.15, 0.2) is 29.2 Å². The molecule has 0 saturated carbocycles. The van der Waals surface area contributed by atoms with Crippen molar-refractivity contribution < 1.29 is 17.9 Å². The predicted molar refractivity (Wildman–Crippen MR) is 92.3 cm³/mol. The summed E-state index contributed by atoms with van der Waals surface area (Å²) in [6.45, 7) is 6.23. The van der Waals surface area contributed by atoms with E-state index in [-0.39, 0.29) is 36.5 Å². The number of hydrogen-bond acceptors (Lipinski definition) is 5. The van der Waals surface area contributed by atoms with Gasteiger partial charge in [-0.15, -0.1) is 12.4 Å². The number of sulfonamides is 1. The molecule has 6 nitrogen and oxygen atoms in total. The van der Waals surface area contributed by atoms with E-state index in [2.05, 4.69) is 4.72 Å². The van der Waals surface area contributed by atoms with Crippen LogP contribution >= 0.6 is 12.4 Å². The molecule has 0 aliphatic rings. The van der Waals surface area contributed by atoms with Crippen molar-refractivity contribution in [1.29, 1.82) is 0 Å². The summed E-state index contributed by atoms with van der Waals surface area (Å²) in [5.74, 6) is -0.138. The maximum Gasteiger partial charge on any atom is 0.338 e. The van der Waals surface area contributed by atoms with E-state index < -0.39 is 16.0 Å². The van der Waals surface area contributed by atoms with Gasteiger partial charge < -0.3 is 10.5 Å². The van der Waals surface area contributed by atoms with Crippen LogP contribution in [0.5, 0.6) is 0 Å². The second kappa shape index (κ2) is 9.87. The van der Waals surface area contributed by atoms with Gasteiger partial charge in [-0.1, -0.05) is 13.8 Å². The molecule has 0 fully saturated rings. The molecule has 1 unspecified atom stereocenters. The lowest BCUT2D eigenvalue weighted by Crippen LogP contribution is -2.40. The lowest BCUT2D eigenvalue weighted by atomic mass is 10.1. The number of carbonyl (C=O) groups is 1. The number of carbonyl (C=O) groups excluding carboxylic acids is 1. The Bertz CT molecular complexity index is 588. The second-order valence-electron chi connectivity index (χ2n) is 5.43. The fourth-order valence-corrected chi connectivity index (χ4v) is 3.30. The highest BCUT2D eigenvalue weighted by molar-refractivity contribution is 7.89. The van der Waals surface area contributed by atoms with Crippen LogP contribution in [0.2, 0.25) is 0 Å². The van der Waals surface area contributed by atoms with Crippen molar-refractivity contribution >= 4 is 28.4 Å². The van der Waals surface area contributed by atoms with E-state index in [9.17, 15) is 13.2 Å². The Labute approximate surface area is 144 Å². The van der Waals surface area contributed by atoms with Gasteiger partial charge in [0.25, 0.3) is 0 Å². The first-order chi connectivity index (χ1) is 10.3. The smallest absolute Gasteiger partial charge is 0.338 e. The molecular weight excluding hydrogens is 340 g/mol. The number of ether oxygens (including phenoxy) is 1. The second-order valence-corrected chi connectivity index (χ2v) is 7.14. The Morgan fingerprint density at radius 2 is 1.83 bits per heavy atom. The molecule has 0 bridgehead atoms. The number of hydrogen-bond donors (Lipinski definition) is 2. The molecule has 23 heavy (non-hydrogen) atoms. The molecule has 0 aromatic heterocycles. The lowest BCUT2D eigenvalue weighted by Gasteiger charge is -2.18. The van der Waals surface area contributed by atoms with Gasteiger partial charge in [-0.2, -0.15) is 0 Å². The topological polar surface area (TPSA) is 98.5 Å². The third-order valence-electron chi connectivity index (χ3n) is 3.04. The van der Waals surface area contributed by atoms with E-state index >= 15 is 0 Å². The van der Waals surface area contributed by atoms with Gasteiger partial charge in [0.15, 0.2) is 0 Å². The van der Waals surface area contributed by atoms with E-state index in [4.69, 9.17) is 10.5 Å². The highest BCUT2D eigenvalue weighted by Crippen LogP contribution is 2.13. The highest BCUT2D eigenvalue weighted by atomic mass is 35.5. The van der Waals surface area contributed by atoms with Crippen molar-refractivity contribution in [3.63, 3.8) is 0 Å². The normalized spacial score (nSPS) is 12.6. The third kappa shape index (κ3) is 6.87. The molecule has 1 aromatic rings. The van der Waals surface area contributed by atoms with Gasteiger partial charge in [0.2, 0.25) is 10.0 Å². The molecule has 0 heterocycles. The van der Waals surface area contributed by atoms with Gasteiger partial charge in [-0.05, 0) is 43.5 Å². The Morgan fingerprint density at radius 3 is 2.26 bits per heavy atom. The summed E-state index contributed by atoms with van der Waals surface area (Å²) in [4.78, 5) is 11.6. The number of nitrogens with one attached hydrogen (secondary N) is 1. The van der Waals surface area contributed by atoms with Crippen molar-refractivity contribution in [3.8, 4) is 0 Å². The lowest BCUT2D eigenvalue weighted by molar-refractivity contribution is 0.0526. The maximum absolute atomic E-state index is 12.3. The average Bonchev–Trinajstić information content (AvgIpc) is 2.46. The first-order valence-electron chi connectivity index (χ1n) is 7.29.